The predicted molar refractivity (Wildman–Crippen MR) is 119 cm³/mol. The highest BCUT2D eigenvalue weighted by atomic mass is 19.4. The normalized spacial score (nSPS) is 16.1. The number of carbonyl (C=O) groups is 2. The standard InChI is InChI=1S/C24H25F3N4O3/c1-29-23(33)21-15-30(22(32)10-5-16-3-8-19(34-2)9-4-16)11-12-31(21)18-7-6-17(14-28)20(13-18)24(25,26)27/h3-4,6-9,13,21H,5,10-12,15H2,1-2H3,(H,29,33). The zero-order valence-corrected chi connectivity index (χ0v) is 18.9. The molecule has 3 rings (SSSR count). The third-order valence-electron chi connectivity index (χ3n) is 5.83. The minimum Gasteiger partial charge on any atom is -0.497 e. The topological polar surface area (TPSA) is 85.7 Å². The van der Waals surface area contributed by atoms with Crippen LogP contribution in [0, 0.1) is 11.3 Å². The summed E-state index contributed by atoms with van der Waals surface area (Å²) in [5.41, 5.74) is -0.403. The van der Waals surface area contributed by atoms with Crippen LogP contribution in [-0.4, -0.2) is 56.5 Å². The van der Waals surface area contributed by atoms with Crippen LogP contribution in [0.2, 0.25) is 0 Å². The van der Waals surface area contributed by atoms with E-state index in [9.17, 15) is 22.8 Å². The number of alkyl halides is 3. The first-order chi connectivity index (χ1) is 16.2. The number of hydrogen-bond acceptors (Lipinski definition) is 5. The smallest absolute Gasteiger partial charge is 0.417 e. The van der Waals surface area contributed by atoms with Gasteiger partial charge in [0.1, 0.15) is 11.8 Å². The number of halogens is 3. The second-order valence-electron chi connectivity index (χ2n) is 7.85. The zero-order valence-electron chi connectivity index (χ0n) is 18.9. The number of rotatable bonds is 6. The van der Waals surface area contributed by atoms with E-state index in [1.165, 1.54) is 13.1 Å². The van der Waals surface area contributed by atoms with Gasteiger partial charge in [-0.1, -0.05) is 12.1 Å². The monoisotopic (exact) mass is 474 g/mol. The summed E-state index contributed by atoms with van der Waals surface area (Å²) < 4.78 is 45.4. The molecule has 0 saturated carbocycles. The van der Waals surface area contributed by atoms with Crippen LogP contribution in [0.15, 0.2) is 42.5 Å². The van der Waals surface area contributed by atoms with Gasteiger partial charge in [-0.3, -0.25) is 9.59 Å². The molecule has 34 heavy (non-hydrogen) atoms. The Bertz CT molecular complexity index is 1080. The van der Waals surface area contributed by atoms with Gasteiger partial charge in [-0.05, 0) is 42.3 Å². The fourth-order valence-electron chi connectivity index (χ4n) is 3.95. The molecule has 10 heteroatoms. The van der Waals surface area contributed by atoms with Crippen molar-refractivity contribution >= 4 is 17.5 Å². The number of hydrogen-bond donors (Lipinski definition) is 1. The van der Waals surface area contributed by atoms with Crippen molar-refractivity contribution in [3.05, 3.63) is 59.2 Å². The number of carbonyl (C=O) groups excluding carboxylic acids is 2. The predicted octanol–water partition coefficient (Wildman–Crippen LogP) is 2.98. The lowest BCUT2D eigenvalue weighted by Crippen LogP contribution is -2.60. The van der Waals surface area contributed by atoms with Gasteiger partial charge >= 0.3 is 6.18 Å². The fourth-order valence-corrected chi connectivity index (χ4v) is 3.95. The minimum absolute atomic E-state index is 0.0441. The number of methoxy groups -OCH3 is 1. The van der Waals surface area contributed by atoms with E-state index in [0.29, 0.717) is 6.42 Å². The summed E-state index contributed by atoms with van der Waals surface area (Å²) in [5, 5.41) is 11.6. The van der Waals surface area contributed by atoms with Gasteiger partial charge in [0.2, 0.25) is 11.8 Å². The van der Waals surface area contributed by atoms with Crippen molar-refractivity contribution in [3.8, 4) is 11.8 Å². The first kappa shape index (κ1) is 24.9. The molecule has 1 fully saturated rings. The van der Waals surface area contributed by atoms with E-state index in [1.54, 1.807) is 23.0 Å². The largest absolute Gasteiger partial charge is 0.497 e. The molecule has 0 spiro atoms. The molecule has 2 amide bonds. The molecule has 2 aromatic carbocycles. The number of likely N-dealkylation sites (N-methyl/N-ethyl adjacent to an activating group) is 1. The van der Waals surface area contributed by atoms with Gasteiger partial charge < -0.3 is 19.9 Å². The van der Waals surface area contributed by atoms with Crippen LogP contribution in [0.1, 0.15) is 23.1 Å². The number of amides is 2. The molecule has 1 aliphatic heterocycles. The molecule has 1 unspecified atom stereocenters. The van der Waals surface area contributed by atoms with E-state index in [-0.39, 0.29) is 37.6 Å². The summed E-state index contributed by atoms with van der Waals surface area (Å²) in [6.45, 7) is 0.480. The summed E-state index contributed by atoms with van der Waals surface area (Å²) in [4.78, 5) is 28.5. The van der Waals surface area contributed by atoms with E-state index >= 15 is 0 Å². The highest BCUT2D eigenvalue weighted by Gasteiger charge is 2.37. The molecule has 0 aliphatic carbocycles. The summed E-state index contributed by atoms with van der Waals surface area (Å²) in [7, 11) is 3.01. The molecule has 0 radical (unpaired) electrons. The number of ether oxygens (including phenoxy) is 1. The average molecular weight is 474 g/mol. The van der Waals surface area contributed by atoms with Crippen LogP contribution in [0.3, 0.4) is 0 Å². The molecule has 1 heterocycles. The average Bonchev–Trinajstić information content (AvgIpc) is 2.85. The van der Waals surface area contributed by atoms with Gasteiger partial charge in [0.15, 0.2) is 0 Å². The Hall–Kier alpha value is -3.74. The van der Waals surface area contributed by atoms with Crippen molar-refractivity contribution in [2.45, 2.75) is 25.1 Å². The van der Waals surface area contributed by atoms with Crippen molar-refractivity contribution in [1.29, 1.82) is 5.26 Å². The van der Waals surface area contributed by atoms with Crippen molar-refractivity contribution in [2.24, 2.45) is 0 Å². The Morgan fingerprint density at radius 2 is 1.88 bits per heavy atom. The molecular weight excluding hydrogens is 449 g/mol. The van der Waals surface area contributed by atoms with Crippen molar-refractivity contribution in [2.75, 3.05) is 38.7 Å². The number of anilines is 1. The maximum Gasteiger partial charge on any atom is 0.417 e. The molecule has 180 valence electrons. The Labute approximate surface area is 195 Å². The van der Waals surface area contributed by atoms with Crippen LogP contribution >= 0.6 is 0 Å². The number of nitrogens with one attached hydrogen (secondary N) is 1. The maximum absolute atomic E-state index is 13.4. The van der Waals surface area contributed by atoms with E-state index in [2.05, 4.69) is 5.32 Å². The Balaban J connectivity index is 1.75. The first-order valence-electron chi connectivity index (χ1n) is 10.7. The minimum atomic E-state index is -4.71. The third kappa shape index (κ3) is 5.60. The fraction of sp³-hybridized carbons (Fsp3) is 0.375. The lowest BCUT2D eigenvalue weighted by Gasteiger charge is -2.42. The zero-order chi connectivity index (χ0) is 24.9. The quantitative estimate of drug-likeness (QED) is 0.696. The number of benzene rings is 2. The number of nitrogens with zero attached hydrogens (tertiary/aromatic N) is 3. The van der Waals surface area contributed by atoms with Crippen molar-refractivity contribution < 1.29 is 27.5 Å². The van der Waals surface area contributed by atoms with Crippen LogP contribution < -0.4 is 15.0 Å². The van der Waals surface area contributed by atoms with E-state index in [0.717, 1.165) is 23.4 Å². The summed E-state index contributed by atoms with van der Waals surface area (Å²) in [5.74, 6) is 0.168. The van der Waals surface area contributed by atoms with Crippen LogP contribution in [-0.2, 0) is 22.2 Å². The Morgan fingerprint density at radius 1 is 1.18 bits per heavy atom. The van der Waals surface area contributed by atoms with E-state index < -0.39 is 29.3 Å². The molecule has 1 saturated heterocycles. The molecular formula is C24H25F3N4O3. The molecule has 1 atom stereocenters. The van der Waals surface area contributed by atoms with Gasteiger partial charge in [0.25, 0.3) is 0 Å². The highest BCUT2D eigenvalue weighted by molar-refractivity contribution is 5.87. The second kappa shape index (κ2) is 10.5. The van der Waals surface area contributed by atoms with E-state index in [1.807, 2.05) is 24.3 Å². The number of nitriles is 1. The lowest BCUT2D eigenvalue weighted by atomic mass is 10.0. The van der Waals surface area contributed by atoms with Crippen LogP contribution in [0.4, 0.5) is 18.9 Å². The molecule has 0 bridgehead atoms. The van der Waals surface area contributed by atoms with Gasteiger partial charge in [0.05, 0.1) is 30.9 Å². The Morgan fingerprint density at radius 3 is 2.47 bits per heavy atom. The van der Waals surface area contributed by atoms with Crippen LogP contribution in [0.25, 0.3) is 0 Å². The van der Waals surface area contributed by atoms with Crippen molar-refractivity contribution in [3.63, 3.8) is 0 Å². The summed E-state index contributed by atoms with van der Waals surface area (Å²) in [6.07, 6.45) is -3.96. The Kier molecular flexibility index (Phi) is 7.66. The van der Waals surface area contributed by atoms with E-state index in [4.69, 9.17) is 10.00 Å². The SMILES string of the molecule is CNC(=O)C1CN(C(=O)CCc2ccc(OC)cc2)CCN1c1ccc(C#N)c(C(F)(F)F)c1. The third-order valence-corrected chi connectivity index (χ3v) is 5.83. The first-order valence-corrected chi connectivity index (χ1v) is 10.7. The van der Waals surface area contributed by atoms with Crippen molar-refractivity contribution in [1.82, 2.24) is 10.2 Å². The van der Waals surface area contributed by atoms with Gasteiger partial charge in [-0.15, -0.1) is 0 Å². The molecule has 2 aromatic rings. The van der Waals surface area contributed by atoms with Gasteiger partial charge in [-0.2, -0.15) is 18.4 Å². The summed E-state index contributed by atoms with van der Waals surface area (Å²) in [6, 6.07) is 11.4. The van der Waals surface area contributed by atoms with Gasteiger partial charge in [-0.25, -0.2) is 0 Å². The summed E-state index contributed by atoms with van der Waals surface area (Å²) >= 11 is 0. The lowest BCUT2D eigenvalue weighted by molar-refractivity contribution is -0.137. The van der Waals surface area contributed by atoms with Gasteiger partial charge in [0, 0.05) is 32.2 Å². The van der Waals surface area contributed by atoms with Crippen LogP contribution in [0.5, 0.6) is 5.75 Å². The molecule has 1 aliphatic rings. The highest BCUT2D eigenvalue weighted by Crippen LogP contribution is 2.35. The second-order valence-corrected chi connectivity index (χ2v) is 7.85. The molecule has 0 aromatic heterocycles. The molecule has 7 nitrogen and oxygen atoms in total. The molecule has 1 N–H and O–H groups in total. The number of aryl methyl sites for hydroxylation is 1. The number of piperazine rings is 1. The maximum atomic E-state index is 13.4.